The summed E-state index contributed by atoms with van der Waals surface area (Å²) < 4.78 is 1.05. The van der Waals surface area contributed by atoms with Crippen molar-refractivity contribution in [2.45, 2.75) is 4.90 Å². The molecule has 0 aromatic heterocycles. The molecule has 0 N–H and O–H groups in total. The van der Waals surface area contributed by atoms with Gasteiger partial charge < -0.3 is 9.80 Å². The minimum absolute atomic E-state index is 0.196. The number of nitrogens with zero attached hydrogens (tertiary/aromatic N) is 2. The molecule has 0 atom stereocenters. The molecule has 0 saturated carbocycles. The number of para-hydroxylation sites is 1. The molecule has 1 fully saturated rings. The van der Waals surface area contributed by atoms with Gasteiger partial charge in [0, 0.05) is 35.5 Å². The van der Waals surface area contributed by atoms with Crippen molar-refractivity contribution in [1.29, 1.82) is 0 Å². The minimum Gasteiger partial charge on any atom is -0.367 e. The highest BCUT2D eigenvalue weighted by Gasteiger charge is 2.22. The van der Waals surface area contributed by atoms with Crippen molar-refractivity contribution in [2.24, 2.45) is 0 Å². The van der Waals surface area contributed by atoms with Gasteiger partial charge in [-0.2, -0.15) is 0 Å². The van der Waals surface area contributed by atoms with E-state index < -0.39 is 0 Å². The normalized spacial score (nSPS) is 14.8. The van der Waals surface area contributed by atoms with Gasteiger partial charge in [0.1, 0.15) is 0 Å². The maximum Gasteiger partial charge on any atom is 0.233 e. The van der Waals surface area contributed by atoms with Crippen LogP contribution in [0.4, 0.5) is 5.69 Å². The fourth-order valence-corrected chi connectivity index (χ4v) is 3.99. The Morgan fingerprint density at radius 2 is 1.71 bits per heavy atom. The molecule has 3 nitrogen and oxygen atoms in total. The van der Waals surface area contributed by atoms with E-state index >= 15 is 0 Å². The zero-order valence-electron chi connectivity index (χ0n) is 13.1. The van der Waals surface area contributed by atoms with Gasteiger partial charge in [0.05, 0.1) is 16.5 Å². The van der Waals surface area contributed by atoms with E-state index in [1.165, 1.54) is 0 Å². The van der Waals surface area contributed by atoms with E-state index in [9.17, 15) is 4.79 Å². The molecule has 0 unspecified atom stereocenters. The largest absolute Gasteiger partial charge is 0.367 e. The fourth-order valence-electron chi connectivity index (χ4n) is 2.67. The number of anilines is 1. The summed E-state index contributed by atoms with van der Waals surface area (Å²) in [6.45, 7) is 3.12. The first kappa shape index (κ1) is 17.6. The van der Waals surface area contributed by atoms with Gasteiger partial charge in [-0.05, 0) is 36.4 Å². The van der Waals surface area contributed by atoms with Gasteiger partial charge >= 0.3 is 0 Å². The smallest absolute Gasteiger partial charge is 0.233 e. The van der Waals surface area contributed by atoms with Crippen LogP contribution in [0.25, 0.3) is 0 Å². The second-order valence-electron chi connectivity index (χ2n) is 5.56. The molecule has 0 aliphatic carbocycles. The zero-order chi connectivity index (χ0) is 16.9. The van der Waals surface area contributed by atoms with E-state index in [0.717, 1.165) is 46.3 Å². The van der Waals surface area contributed by atoms with Crippen molar-refractivity contribution in [3.8, 4) is 0 Å². The highest BCUT2D eigenvalue weighted by molar-refractivity contribution is 9.10. The summed E-state index contributed by atoms with van der Waals surface area (Å²) in [5, 5.41) is 0.767. The number of piperazine rings is 1. The van der Waals surface area contributed by atoms with Crippen LogP contribution in [0.1, 0.15) is 0 Å². The topological polar surface area (TPSA) is 23.6 Å². The van der Waals surface area contributed by atoms with E-state index in [1.807, 2.05) is 53.4 Å². The monoisotopic (exact) mass is 424 g/mol. The van der Waals surface area contributed by atoms with Gasteiger partial charge in [-0.15, -0.1) is 11.8 Å². The van der Waals surface area contributed by atoms with Gasteiger partial charge in [0.2, 0.25) is 5.91 Å². The third-order valence-electron chi connectivity index (χ3n) is 4.00. The Kier molecular flexibility index (Phi) is 6.09. The number of carbonyl (C=O) groups is 1. The van der Waals surface area contributed by atoms with Gasteiger partial charge in [0.15, 0.2) is 0 Å². The molecule has 6 heteroatoms. The number of halogens is 2. The van der Waals surface area contributed by atoms with Crippen LogP contribution in [0.2, 0.25) is 5.02 Å². The van der Waals surface area contributed by atoms with E-state index in [4.69, 9.17) is 11.6 Å². The van der Waals surface area contributed by atoms with Crippen molar-refractivity contribution >= 4 is 50.9 Å². The molecule has 0 spiro atoms. The number of hydrogen-bond donors (Lipinski definition) is 0. The maximum absolute atomic E-state index is 12.4. The summed E-state index contributed by atoms with van der Waals surface area (Å²) in [6, 6.07) is 15.9. The van der Waals surface area contributed by atoms with Crippen LogP contribution in [-0.2, 0) is 4.79 Å². The molecular weight excluding hydrogens is 408 g/mol. The Bertz CT molecular complexity index is 702. The second-order valence-corrected chi connectivity index (χ2v) is 7.93. The van der Waals surface area contributed by atoms with E-state index in [1.54, 1.807) is 11.8 Å². The lowest BCUT2D eigenvalue weighted by molar-refractivity contribution is -0.128. The lowest BCUT2D eigenvalue weighted by Gasteiger charge is -2.36. The summed E-state index contributed by atoms with van der Waals surface area (Å²) >= 11 is 11.3. The molecule has 1 heterocycles. The third kappa shape index (κ3) is 4.47. The number of carbonyl (C=O) groups excluding carboxylic acids is 1. The Labute approximate surface area is 160 Å². The summed E-state index contributed by atoms with van der Waals surface area (Å²) in [6.07, 6.45) is 0. The van der Waals surface area contributed by atoms with Crippen molar-refractivity contribution in [1.82, 2.24) is 4.90 Å². The lowest BCUT2D eigenvalue weighted by Crippen LogP contribution is -2.49. The zero-order valence-corrected chi connectivity index (χ0v) is 16.3. The van der Waals surface area contributed by atoms with Crippen LogP contribution in [0.15, 0.2) is 57.9 Å². The van der Waals surface area contributed by atoms with Gasteiger partial charge in [0.25, 0.3) is 0 Å². The van der Waals surface area contributed by atoms with E-state index in [0.29, 0.717) is 5.75 Å². The average molecular weight is 426 g/mol. The molecule has 2 aromatic rings. The van der Waals surface area contributed by atoms with Crippen LogP contribution >= 0.6 is 39.3 Å². The van der Waals surface area contributed by atoms with Crippen LogP contribution in [0, 0.1) is 0 Å². The van der Waals surface area contributed by atoms with Crippen molar-refractivity contribution < 1.29 is 4.79 Å². The highest BCUT2D eigenvalue weighted by Crippen LogP contribution is 2.26. The molecule has 24 heavy (non-hydrogen) atoms. The summed E-state index contributed by atoms with van der Waals surface area (Å²) in [5.74, 6) is 0.676. The lowest BCUT2D eigenvalue weighted by atomic mass is 10.2. The van der Waals surface area contributed by atoms with Crippen LogP contribution in [0.3, 0.4) is 0 Å². The maximum atomic E-state index is 12.4. The standard InChI is InChI=1S/C18H18BrClN2OS/c19-14-5-7-15(8-6-14)24-13-18(23)22-11-9-21(10-12-22)17-4-2-1-3-16(17)20/h1-8H,9-13H2. The number of thioether (sulfide) groups is 1. The predicted octanol–water partition coefficient (Wildman–Crippen LogP) is 4.54. The molecule has 0 bridgehead atoms. The number of hydrogen-bond acceptors (Lipinski definition) is 3. The minimum atomic E-state index is 0.196. The molecule has 1 aliphatic rings. The average Bonchev–Trinajstić information content (AvgIpc) is 2.61. The van der Waals surface area contributed by atoms with Crippen LogP contribution < -0.4 is 4.90 Å². The van der Waals surface area contributed by atoms with Crippen LogP contribution in [0.5, 0.6) is 0 Å². The Morgan fingerprint density at radius 3 is 2.38 bits per heavy atom. The second kappa shape index (κ2) is 8.28. The molecule has 126 valence electrons. The first-order chi connectivity index (χ1) is 11.6. The first-order valence-electron chi connectivity index (χ1n) is 7.79. The fraction of sp³-hybridized carbons (Fsp3) is 0.278. The van der Waals surface area contributed by atoms with Gasteiger partial charge in [-0.1, -0.05) is 39.7 Å². The highest BCUT2D eigenvalue weighted by atomic mass is 79.9. The summed E-state index contributed by atoms with van der Waals surface area (Å²) in [7, 11) is 0. The molecule has 1 saturated heterocycles. The van der Waals surface area contributed by atoms with Gasteiger partial charge in [-0.25, -0.2) is 0 Å². The SMILES string of the molecule is O=C(CSc1ccc(Br)cc1)N1CCN(c2ccccc2Cl)CC1. The molecule has 0 radical (unpaired) electrons. The summed E-state index contributed by atoms with van der Waals surface area (Å²) in [4.78, 5) is 17.7. The Hall–Kier alpha value is -1.17. The number of rotatable bonds is 4. The number of amides is 1. The van der Waals surface area contributed by atoms with Gasteiger partial charge in [-0.3, -0.25) is 4.79 Å². The predicted molar refractivity (Wildman–Crippen MR) is 105 cm³/mol. The molecule has 1 aliphatic heterocycles. The van der Waals surface area contributed by atoms with E-state index in [2.05, 4.69) is 20.8 Å². The first-order valence-corrected chi connectivity index (χ1v) is 9.95. The summed E-state index contributed by atoms with van der Waals surface area (Å²) in [5.41, 5.74) is 1.05. The van der Waals surface area contributed by atoms with Crippen molar-refractivity contribution in [2.75, 3.05) is 36.8 Å². The van der Waals surface area contributed by atoms with Crippen molar-refractivity contribution in [3.63, 3.8) is 0 Å². The van der Waals surface area contributed by atoms with E-state index in [-0.39, 0.29) is 5.91 Å². The Morgan fingerprint density at radius 1 is 1.04 bits per heavy atom. The van der Waals surface area contributed by atoms with Crippen LogP contribution in [-0.4, -0.2) is 42.7 Å². The molecular formula is C18H18BrClN2OS. The molecule has 2 aromatic carbocycles. The molecule has 3 rings (SSSR count). The van der Waals surface area contributed by atoms with Crippen molar-refractivity contribution in [3.05, 3.63) is 58.0 Å². The third-order valence-corrected chi connectivity index (χ3v) is 5.85. The quantitative estimate of drug-likeness (QED) is 0.672. The molecule has 1 amide bonds. The number of benzene rings is 2. The Balaban J connectivity index is 1.50.